The minimum Gasteiger partial charge on any atom is -0.339 e. The molecule has 0 spiro atoms. The quantitative estimate of drug-likeness (QED) is 0.877. The SMILES string of the molecule is CCCC(Cc1nc(-c2cc(C)nc(C)c2)no1)NC. The molecule has 20 heavy (non-hydrogen) atoms. The molecule has 0 aliphatic carbocycles. The molecule has 0 fully saturated rings. The van der Waals surface area contributed by atoms with Crippen molar-refractivity contribution in [1.29, 1.82) is 0 Å². The third kappa shape index (κ3) is 3.63. The van der Waals surface area contributed by atoms with Crippen molar-refractivity contribution < 1.29 is 4.52 Å². The Morgan fingerprint density at radius 2 is 1.90 bits per heavy atom. The summed E-state index contributed by atoms with van der Waals surface area (Å²) in [6.07, 6.45) is 3.00. The van der Waals surface area contributed by atoms with Gasteiger partial charge in [0.1, 0.15) is 0 Å². The highest BCUT2D eigenvalue weighted by Crippen LogP contribution is 2.18. The lowest BCUT2D eigenvalue weighted by Gasteiger charge is -2.11. The van der Waals surface area contributed by atoms with Gasteiger partial charge in [-0.15, -0.1) is 0 Å². The van der Waals surface area contributed by atoms with E-state index in [4.69, 9.17) is 4.52 Å². The summed E-state index contributed by atoms with van der Waals surface area (Å²) < 4.78 is 5.36. The molecule has 0 aliphatic rings. The van der Waals surface area contributed by atoms with E-state index in [2.05, 4.69) is 27.4 Å². The molecule has 1 unspecified atom stereocenters. The first-order chi connectivity index (χ1) is 9.62. The van der Waals surface area contributed by atoms with Gasteiger partial charge in [-0.1, -0.05) is 18.5 Å². The number of pyridine rings is 1. The fourth-order valence-electron chi connectivity index (χ4n) is 2.33. The molecule has 0 aromatic carbocycles. The summed E-state index contributed by atoms with van der Waals surface area (Å²) in [6.45, 7) is 6.11. The average molecular weight is 274 g/mol. The number of hydrogen-bond acceptors (Lipinski definition) is 5. The van der Waals surface area contributed by atoms with Crippen molar-refractivity contribution in [1.82, 2.24) is 20.4 Å². The lowest BCUT2D eigenvalue weighted by atomic mass is 10.1. The third-order valence-electron chi connectivity index (χ3n) is 3.27. The van der Waals surface area contributed by atoms with E-state index in [1.54, 1.807) is 0 Å². The predicted octanol–water partition coefficient (Wildman–Crippen LogP) is 2.68. The first-order valence-corrected chi connectivity index (χ1v) is 7.08. The topological polar surface area (TPSA) is 63.8 Å². The maximum Gasteiger partial charge on any atom is 0.228 e. The van der Waals surface area contributed by atoms with E-state index in [1.165, 1.54) is 0 Å². The molecule has 1 atom stereocenters. The van der Waals surface area contributed by atoms with E-state index in [1.807, 2.05) is 33.0 Å². The van der Waals surface area contributed by atoms with Crippen LogP contribution in [0, 0.1) is 13.8 Å². The monoisotopic (exact) mass is 274 g/mol. The Bertz CT molecular complexity index is 545. The minimum absolute atomic E-state index is 0.384. The first-order valence-electron chi connectivity index (χ1n) is 7.08. The van der Waals surface area contributed by atoms with Crippen LogP contribution in [0.2, 0.25) is 0 Å². The van der Waals surface area contributed by atoms with Gasteiger partial charge in [0.15, 0.2) is 0 Å². The summed E-state index contributed by atoms with van der Waals surface area (Å²) in [6, 6.07) is 4.33. The van der Waals surface area contributed by atoms with Crippen LogP contribution in [0.1, 0.15) is 37.0 Å². The molecule has 108 valence electrons. The van der Waals surface area contributed by atoms with Crippen LogP contribution in [-0.4, -0.2) is 28.2 Å². The fraction of sp³-hybridized carbons (Fsp3) is 0.533. The Morgan fingerprint density at radius 1 is 1.20 bits per heavy atom. The van der Waals surface area contributed by atoms with Crippen LogP contribution >= 0.6 is 0 Å². The molecule has 1 N–H and O–H groups in total. The summed E-state index contributed by atoms with van der Waals surface area (Å²) in [5, 5.41) is 7.36. The number of nitrogens with zero attached hydrogens (tertiary/aromatic N) is 3. The highest BCUT2D eigenvalue weighted by atomic mass is 16.5. The van der Waals surface area contributed by atoms with Crippen LogP contribution in [0.25, 0.3) is 11.4 Å². The normalized spacial score (nSPS) is 12.6. The van der Waals surface area contributed by atoms with Crippen molar-refractivity contribution in [2.45, 2.75) is 46.1 Å². The Hall–Kier alpha value is -1.75. The highest BCUT2D eigenvalue weighted by Gasteiger charge is 2.14. The van der Waals surface area contributed by atoms with E-state index in [9.17, 15) is 0 Å². The maximum atomic E-state index is 5.36. The summed E-state index contributed by atoms with van der Waals surface area (Å²) in [5.41, 5.74) is 2.89. The molecule has 0 saturated carbocycles. The highest BCUT2D eigenvalue weighted by molar-refractivity contribution is 5.55. The molecule has 2 aromatic rings. The van der Waals surface area contributed by atoms with Crippen LogP contribution in [-0.2, 0) is 6.42 Å². The third-order valence-corrected chi connectivity index (χ3v) is 3.27. The summed E-state index contributed by atoms with van der Waals surface area (Å²) in [7, 11) is 1.97. The Morgan fingerprint density at radius 3 is 2.50 bits per heavy atom. The largest absolute Gasteiger partial charge is 0.339 e. The van der Waals surface area contributed by atoms with E-state index in [0.29, 0.717) is 17.8 Å². The van der Waals surface area contributed by atoms with Crippen LogP contribution in [0.4, 0.5) is 0 Å². The summed E-state index contributed by atoms with van der Waals surface area (Å²) in [4.78, 5) is 8.84. The van der Waals surface area contributed by atoms with Gasteiger partial charge in [0.05, 0.1) is 0 Å². The minimum atomic E-state index is 0.384. The van der Waals surface area contributed by atoms with E-state index in [0.717, 1.165) is 36.2 Å². The van der Waals surface area contributed by atoms with Crippen LogP contribution in [0.15, 0.2) is 16.7 Å². The van der Waals surface area contributed by atoms with Gasteiger partial charge in [-0.25, -0.2) is 0 Å². The lowest BCUT2D eigenvalue weighted by molar-refractivity contribution is 0.356. The number of nitrogens with one attached hydrogen (secondary N) is 1. The lowest BCUT2D eigenvalue weighted by Crippen LogP contribution is -2.27. The van der Waals surface area contributed by atoms with Gasteiger partial charge in [-0.05, 0) is 39.4 Å². The second-order valence-corrected chi connectivity index (χ2v) is 5.13. The number of aromatic nitrogens is 3. The van der Waals surface area contributed by atoms with Crippen molar-refractivity contribution >= 4 is 0 Å². The van der Waals surface area contributed by atoms with E-state index in [-0.39, 0.29) is 0 Å². The number of aryl methyl sites for hydroxylation is 2. The molecular formula is C15H22N4O. The van der Waals surface area contributed by atoms with E-state index < -0.39 is 0 Å². The van der Waals surface area contributed by atoms with Gasteiger partial charge >= 0.3 is 0 Å². The number of likely N-dealkylation sites (N-methyl/N-ethyl adjacent to an activating group) is 1. The number of hydrogen-bond donors (Lipinski definition) is 1. The molecule has 0 amide bonds. The zero-order valence-electron chi connectivity index (χ0n) is 12.6. The zero-order valence-corrected chi connectivity index (χ0v) is 12.6. The van der Waals surface area contributed by atoms with Crippen molar-refractivity contribution in [3.05, 3.63) is 29.4 Å². The van der Waals surface area contributed by atoms with Gasteiger partial charge in [0.2, 0.25) is 11.7 Å². The number of rotatable bonds is 6. The van der Waals surface area contributed by atoms with Gasteiger partial charge in [-0.2, -0.15) is 4.98 Å². The molecule has 0 saturated heterocycles. The van der Waals surface area contributed by atoms with Crippen molar-refractivity contribution in [2.75, 3.05) is 7.05 Å². The second kappa shape index (κ2) is 6.61. The molecule has 2 aromatic heterocycles. The molecule has 0 aliphatic heterocycles. The molecule has 5 nitrogen and oxygen atoms in total. The molecule has 5 heteroatoms. The summed E-state index contributed by atoms with van der Waals surface area (Å²) in [5.74, 6) is 1.32. The standard InChI is InChI=1S/C15H22N4O/c1-5-6-13(16-4)9-14-18-15(19-20-14)12-7-10(2)17-11(3)8-12/h7-8,13,16H,5-6,9H2,1-4H3. The Balaban J connectivity index is 2.15. The predicted molar refractivity (Wildman–Crippen MR) is 78.5 cm³/mol. The smallest absolute Gasteiger partial charge is 0.228 e. The molecule has 0 radical (unpaired) electrons. The van der Waals surface area contributed by atoms with Crippen molar-refractivity contribution in [3.8, 4) is 11.4 Å². The van der Waals surface area contributed by atoms with Crippen LogP contribution in [0.3, 0.4) is 0 Å². The molecule has 0 bridgehead atoms. The van der Waals surface area contributed by atoms with Crippen LogP contribution in [0.5, 0.6) is 0 Å². The first kappa shape index (κ1) is 14.7. The van der Waals surface area contributed by atoms with E-state index >= 15 is 0 Å². The average Bonchev–Trinajstić information content (AvgIpc) is 2.85. The Labute approximate surface area is 119 Å². The fourth-order valence-corrected chi connectivity index (χ4v) is 2.33. The van der Waals surface area contributed by atoms with Crippen molar-refractivity contribution in [3.63, 3.8) is 0 Å². The van der Waals surface area contributed by atoms with Gasteiger partial charge in [-0.3, -0.25) is 4.98 Å². The zero-order chi connectivity index (χ0) is 14.5. The molecule has 2 heterocycles. The van der Waals surface area contributed by atoms with Gasteiger partial charge in [0.25, 0.3) is 0 Å². The second-order valence-electron chi connectivity index (χ2n) is 5.13. The molecular weight excluding hydrogens is 252 g/mol. The Kier molecular flexibility index (Phi) is 4.84. The van der Waals surface area contributed by atoms with Crippen LogP contribution < -0.4 is 5.32 Å². The summed E-state index contributed by atoms with van der Waals surface area (Å²) >= 11 is 0. The maximum absolute atomic E-state index is 5.36. The molecule has 2 rings (SSSR count). The van der Waals surface area contributed by atoms with Gasteiger partial charge < -0.3 is 9.84 Å². The van der Waals surface area contributed by atoms with Gasteiger partial charge in [0, 0.05) is 29.4 Å². The van der Waals surface area contributed by atoms with Crippen molar-refractivity contribution in [2.24, 2.45) is 0 Å².